The van der Waals surface area contributed by atoms with Gasteiger partial charge in [-0.1, -0.05) is 42.1 Å². The van der Waals surface area contributed by atoms with Crippen LogP contribution in [-0.2, 0) is 10.0 Å². The van der Waals surface area contributed by atoms with E-state index in [2.05, 4.69) is 4.72 Å². The first-order valence-electron chi connectivity index (χ1n) is 5.47. The number of rotatable bonds is 3. The third kappa shape index (κ3) is 2.94. The summed E-state index contributed by atoms with van der Waals surface area (Å²) in [6.45, 7) is 0. The van der Waals surface area contributed by atoms with Gasteiger partial charge < -0.3 is 0 Å². The smallest absolute Gasteiger partial charge is 0.208 e. The van der Waals surface area contributed by atoms with Crippen LogP contribution in [0.3, 0.4) is 0 Å². The van der Waals surface area contributed by atoms with Crippen LogP contribution in [0, 0.1) is 0 Å². The minimum atomic E-state index is -3.62. The molecule has 0 saturated heterocycles. The van der Waals surface area contributed by atoms with Gasteiger partial charge in [-0.15, -0.1) is 0 Å². The van der Waals surface area contributed by atoms with E-state index in [4.69, 9.17) is 23.2 Å². The van der Waals surface area contributed by atoms with Gasteiger partial charge in [0.2, 0.25) is 10.0 Å². The van der Waals surface area contributed by atoms with Gasteiger partial charge in [-0.05, 0) is 25.0 Å². The molecule has 1 aliphatic carbocycles. The van der Waals surface area contributed by atoms with Gasteiger partial charge in [-0.2, -0.15) is 0 Å². The molecule has 0 atom stereocenters. The highest BCUT2D eigenvalue weighted by Crippen LogP contribution is 2.30. The van der Waals surface area contributed by atoms with Crippen molar-refractivity contribution in [2.24, 2.45) is 0 Å². The van der Waals surface area contributed by atoms with Crippen LogP contribution >= 0.6 is 23.2 Å². The SMILES string of the molecule is O=S(=O)(NC1CCCC1)c1c(Cl)cccc1Cl. The highest BCUT2D eigenvalue weighted by Gasteiger charge is 2.26. The van der Waals surface area contributed by atoms with Gasteiger partial charge in [-0.25, -0.2) is 13.1 Å². The van der Waals surface area contributed by atoms with Crippen molar-refractivity contribution in [1.29, 1.82) is 0 Å². The maximum Gasteiger partial charge on any atom is 0.243 e. The van der Waals surface area contributed by atoms with Gasteiger partial charge in [0.25, 0.3) is 0 Å². The van der Waals surface area contributed by atoms with E-state index in [1.54, 1.807) is 6.07 Å². The van der Waals surface area contributed by atoms with Crippen molar-refractivity contribution in [3.63, 3.8) is 0 Å². The summed E-state index contributed by atoms with van der Waals surface area (Å²) in [5, 5.41) is 0.311. The van der Waals surface area contributed by atoms with Crippen LogP contribution in [0.25, 0.3) is 0 Å². The van der Waals surface area contributed by atoms with Gasteiger partial charge in [0.15, 0.2) is 0 Å². The molecule has 2 rings (SSSR count). The largest absolute Gasteiger partial charge is 0.243 e. The fraction of sp³-hybridized carbons (Fsp3) is 0.455. The van der Waals surface area contributed by atoms with Crippen molar-refractivity contribution in [1.82, 2.24) is 4.72 Å². The summed E-state index contributed by atoms with van der Waals surface area (Å²) in [6.07, 6.45) is 3.87. The van der Waals surface area contributed by atoms with Gasteiger partial charge in [-0.3, -0.25) is 0 Å². The lowest BCUT2D eigenvalue weighted by Crippen LogP contribution is -2.33. The molecule has 1 aromatic carbocycles. The predicted octanol–water partition coefficient (Wildman–Crippen LogP) is 3.21. The van der Waals surface area contributed by atoms with E-state index >= 15 is 0 Å². The number of benzene rings is 1. The zero-order chi connectivity index (χ0) is 12.5. The van der Waals surface area contributed by atoms with Crippen molar-refractivity contribution in [3.8, 4) is 0 Å². The molecule has 1 aromatic rings. The van der Waals surface area contributed by atoms with Crippen LogP contribution in [0.15, 0.2) is 23.1 Å². The maximum atomic E-state index is 12.1. The molecule has 3 nitrogen and oxygen atoms in total. The van der Waals surface area contributed by atoms with E-state index in [1.165, 1.54) is 12.1 Å². The first-order chi connectivity index (χ1) is 8.00. The molecule has 6 heteroatoms. The molecular formula is C11H13Cl2NO2S. The zero-order valence-corrected chi connectivity index (χ0v) is 11.4. The molecule has 0 amide bonds. The van der Waals surface area contributed by atoms with E-state index in [-0.39, 0.29) is 21.0 Å². The first-order valence-corrected chi connectivity index (χ1v) is 7.71. The summed E-state index contributed by atoms with van der Waals surface area (Å²) in [4.78, 5) is -0.0183. The summed E-state index contributed by atoms with van der Waals surface area (Å²) in [5.41, 5.74) is 0. The quantitative estimate of drug-likeness (QED) is 0.930. The van der Waals surface area contributed by atoms with Crippen LogP contribution < -0.4 is 4.72 Å². The Bertz CT molecular complexity index is 490. The molecule has 0 unspecified atom stereocenters. The number of nitrogens with one attached hydrogen (secondary N) is 1. The maximum absolute atomic E-state index is 12.1. The summed E-state index contributed by atoms with van der Waals surface area (Å²) in [6, 6.07) is 4.68. The van der Waals surface area contributed by atoms with Gasteiger partial charge in [0.1, 0.15) is 4.90 Å². The average Bonchev–Trinajstić information content (AvgIpc) is 2.68. The van der Waals surface area contributed by atoms with Gasteiger partial charge in [0.05, 0.1) is 10.0 Å². The molecule has 0 heterocycles. The third-order valence-corrected chi connectivity index (χ3v) is 5.34. The van der Waals surface area contributed by atoms with Gasteiger partial charge in [0, 0.05) is 6.04 Å². The van der Waals surface area contributed by atoms with Crippen molar-refractivity contribution in [2.75, 3.05) is 0 Å². The predicted molar refractivity (Wildman–Crippen MR) is 69.0 cm³/mol. The average molecular weight is 294 g/mol. The summed E-state index contributed by atoms with van der Waals surface area (Å²) < 4.78 is 27.0. The van der Waals surface area contributed by atoms with E-state index in [1.807, 2.05) is 0 Å². The third-order valence-electron chi connectivity index (χ3n) is 2.86. The van der Waals surface area contributed by atoms with Crippen LogP contribution in [0.2, 0.25) is 10.0 Å². The number of hydrogen-bond acceptors (Lipinski definition) is 2. The summed E-state index contributed by atoms with van der Waals surface area (Å²) in [5.74, 6) is 0. The lowest BCUT2D eigenvalue weighted by Gasteiger charge is -2.14. The molecule has 1 fully saturated rings. The van der Waals surface area contributed by atoms with Crippen molar-refractivity contribution < 1.29 is 8.42 Å². The van der Waals surface area contributed by atoms with E-state index in [9.17, 15) is 8.42 Å². The van der Waals surface area contributed by atoms with Crippen LogP contribution in [-0.4, -0.2) is 14.5 Å². The Kier molecular flexibility index (Phi) is 3.98. The molecule has 1 N–H and O–H groups in total. The standard InChI is InChI=1S/C11H13Cl2NO2S/c12-9-6-3-7-10(13)11(9)17(15,16)14-8-4-1-2-5-8/h3,6-8,14H,1-2,4-5H2. The molecule has 0 aromatic heterocycles. The highest BCUT2D eigenvalue weighted by atomic mass is 35.5. The second-order valence-electron chi connectivity index (χ2n) is 4.15. The minimum absolute atomic E-state index is 0.00680. The van der Waals surface area contributed by atoms with E-state index < -0.39 is 10.0 Å². The monoisotopic (exact) mass is 293 g/mol. The van der Waals surface area contributed by atoms with E-state index in [0.29, 0.717) is 0 Å². The summed E-state index contributed by atoms with van der Waals surface area (Å²) in [7, 11) is -3.62. The highest BCUT2D eigenvalue weighted by molar-refractivity contribution is 7.89. The molecular weight excluding hydrogens is 281 g/mol. The number of sulfonamides is 1. The summed E-state index contributed by atoms with van der Waals surface area (Å²) >= 11 is 11.8. The normalized spacial score (nSPS) is 17.5. The molecule has 0 radical (unpaired) electrons. The van der Waals surface area contributed by atoms with Crippen molar-refractivity contribution >= 4 is 33.2 Å². The van der Waals surface area contributed by atoms with Crippen molar-refractivity contribution in [2.45, 2.75) is 36.6 Å². The zero-order valence-electron chi connectivity index (χ0n) is 9.12. The fourth-order valence-electron chi connectivity index (χ4n) is 2.06. The molecule has 17 heavy (non-hydrogen) atoms. The lowest BCUT2D eigenvalue weighted by molar-refractivity contribution is 0.552. The Morgan fingerprint density at radius 2 is 1.65 bits per heavy atom. The van der Waals surface area contributed by atoms with Crippen molar-refractivity contribution in [3.05, 3.63) is 28.2 Å². The Morgan fingerprint density at radius 3 is 2.18 bits per heavy atom. The number of halogens is 2. The Balaban J connectivity index is 2.31. The second-order valence-corrected chi connectivity index (χ2v) is 6.62. The van der Waals surface area contributed by atoms with Crippen LogP contribution in [0.1, 0.15) is 25.7 Å². The molecule has 94 valence electrons. The van der Waals surface area contributed by atoms with E-state index in [0.717, 1.165) is 25.7 Å². The molecule has 1 aliphatic rings. The molecule has 1 saturated carbocycles. The Labute approximate surface area is 111 Å². The topological polar surface area (TPSA) is 46.2 Å². The lowest BCUT2D eigenvalue weighted by atomic mass is 10.3. The van der Waals surface area contributed by atoms with Crippen LogP contribution in [0.4, 0.5) is 0 Å². The van der Waals surface area contributed by atoms with Gasteiger partial charge >= 0.3 is 0 Å². The number of hydrogen-bond donors (Lipinski definition) is 1. The molecule has 0 bridgehead atoms. The Hall–Kier alpha value is -0.290. The Morgan fingerprint density at radius 1 is 1.12 bits per heavy atom. The molecule has 0 spiro atoms. The minimum Gasteiger partial charge on any atom is -0.208 e. The van der Waals surface area contributed by atoms with Crippen LogP contribution in [0.5, 0.6) is 0 Å². The first kappa shape index (κ1) is 13.1. The second kappa shape index (κ2) is 5.14. The fourth-order valence-corrected chi connectivity index (χ4v) is 4.51. The molecule has 0 aliphatic heterocycles.